The molecule has 1 spiro atoms. The zero-order valence-electron chi connectivity index (χ0n) is 27.3. The fraction of sp³-hybridized carbons (Fsp3) is 0.438. The summed E-state index contributed by atoms with van der Waals surface area (Å²) in [6.45, 7) is 5.25. The number of hydrogen-bond acceptors (Lipinski definition) is 9. The first-order valence-corrected chi connectivity index (χ1v) is 17.5. The van der Waals surface area contributed by atoms with E-state index in [4.69, 9.17) is 21.3 Å². The zero-order chi connectivity index (χ0) is 35.5. The molecular formula is C32H33ClF3N9O4S. The Morgan fingerprint density at radius 2 is 1.96 bits per heavy atom. The lowest BCUT2D eigenvalue weighted by Gasteiger charge is -2.38. The first kappa shape index (κ1) is 34.3. The third-order valence-corrected chi connectivity index (χ3v) is 10.6. The largest absolute Gasteiger partial charge is 0.416 e. The van der Waals surface area contributed by atoms with Gasteiger partial charge in [-0.1, -0.05) is 29.6 Å². The van der Waals surface area contributed by atoms with E-state index in [1.807, 2.05) is 19.3 Å². The molecule has 0 aliphatic carbocycles. The van der Waals surface area contributed by atoms with Gasteiger partial charge in [-0.05, 0) is 69.2 Å². The van der Waals surface area contributed by atoms with E-state index in [0.717, 1.165) is 36.0 Å². The predicted molar refractivity (Wildman–Crippen MR) is 180 cm³/mol. The number of carbonyl (C=O) groups excluding carboxylic acids is 2. The van der Waals surface area contributed by atoms with Gasteiger partial charge >= 0.3 is 6.18 Å². The molecule has 13 nitrogen and oxygen atoms in total. The van der Waals surface area contributed by atoms with E-state index in [1.165, 1.54) is 4.52 Å². The van der Waals surface area contributed by atoms with Crippen LogP contribution in [-0.4, -0.2) is 82.8 Å². The van der Waals surface area contributed by atoms with Crippen LogP contribution in [0.5, 0.6) is 0 Å². The van der Waals surface area contributed by atoms with E-state index >= 15 is 0 Å². The number of rotatable bonds is 6. The van der Waals surface area contributed by atoms with Gasteiger partial charge in [0.1, 0.15) is 17.8 Å². The van der Waals surface area contributed by atoms with Gasteiger partial charge in [0.25, 0.3) is 11.5 Å². The SMILES string of the molecule is CSN1CC=C(c2nc3n(CC(=O)Nc4ccc(C(F)(F)F)cc4Cl)c4c(c(=O)n3n2)C2(CCN(C(=O)c3cc(C)[nH]n3)CC2)OC4C)CC1. The summed E-state index contributed by atoms with van der Waals surface area (Å²) in [4.78, 5) is 47.6. The molecule has 7 rings (SSSR count). The molecule has 1 unspecified atom stereocenters. The van der Waals surface area contributed by atoms with Crippen molar-refractivity contribution < 1.29 is 27.5 Å². The first-order valence-electron chi connectivity index (χ1n) is 16.0. The molecule has 1 saturated heterocycles. The van der Waals surface area contributed by atoms with E-state index in [1.54, 1.807) is 34.4 Å². The number of nitrogens with one attached hydrogen (secondary N) is 2. The number of nitrogens with zero attached hydrogens (tertiary/aromatic N) is 7. The number of anilines is 1. The highest BCUT2D eigenvalue weighted by atomic mass is 35.5. The number of H-pyrrole nitrogens is 1. The van der Waals surface area contributed by atoms with Crippen molar-refractivity contribution >= 4 is 52.4 Å². The van der Waals surface area contributed by atoms with Crippen LogP contribution >= 0.6 is 23.5 Å². The molecule has 1 atom stereocenters. The van der Waals surface area contributed by atoms with Gasteiger partial charge in [0, 0.05) is 31.9 Å². The van der Waals surface area contributed by atoms with Crippen molar-refractivity contribution in [2.24, 2.45) is 0 Å². The maximum Gasteiger partial charge on any atom is 0.416 e. The van der Waals surface area contributed by atoms with Crippen molar-refractivity contribution in [1.29, 1.82) is 0 Å². The molecule has 6 heterocycles. The number of aromatic nitrogens is 6. The molecule has 0 bridgehead atoms. The second-order valence-corrected chi connectivity index (χ2v) is 13.9. The summed E-state index contributed by atoms with van der Waals surface area (Å²) in [6, 6.07) is 4.35. The number of ether oxygens (including phenoxy) is 1. The van der Waals surface area contributed by atoms with Crippen LogP contribution in [-0.2, 0) is 27.9 Å². The Kier molecular flexibility index (Phi) is 8.81. The smallest absolute Gasteiger partial charge is 0.361 e. The number of alkyl halides is 3. The predicted octanol–water partition coefficient (Wildman–Crippen LogP) is 4.82. The van der Waals surface area contributed by atoms with Crippen LogP contribution in [0.15, 0.2) is 35.1 Å². The van der Waals surface area contributed by atoms with Gasteiger partial charge in [-0.15, -0.1) is 5.10 Å². The fourth-order valence-electron chi connectivity index (χ4n) is 6.94. The molecule has 3 aliphatic heterocycles. The molecule has 1 aromatic carbocycles. The van der Waals surface area contributed by atoms with E-state index < -0.39 is 34.9 Å². The van der Waals surface area contributed by atoms with Crippen LogP contribution in [0.4, 0.5) is 18.9 Å². The molecule has 4 aromatic rings. The Balaban J connectivity index is 1.26. The van der Waals surface area contributed by atoms with Gasteiger partial charge in [-0.2, -0.15) is 27.8 Å². The van der Waals surface area contributed by atoms with Crippen molar-refractivity contribution in [3.8, 4) is 0 Å². The van der Waals surface area contributed by atoms with Crippen LogP contribution in [0.1, 0.15) is 71.1 Å². The Labute approximate surface area is 292 Å². The minimum absolute atomic E-state index is 0.00356. The number of likely N-dealkylation sites (tertiary alicyclic amines) is 1. The topological polar surface area (TPSA) is 143 Å². The summed E-state index contributed by atoms with van der Waals surface area (Å²) in [7, 11) is 0. The van der Waals surface area contributed by atoms with E-state index in [-0.39, 0.29) is 28.9 Å². The Morgan fingerprint density at radius 1 is 1.20 bits per heavy atom. The summed E-state index contributed by atoms with van der Waals surface area (Å²) in [5.41, 5.74) is 0.269. The number of piperidine rings is 1. The highest BCUT2D eigenvalue weighted by molar-refractivity contribution is 7.96. The van der Waals surface area contributed by atoms with Gasteiger partial charge in [-0.25, -0.2) is 4.31 Å². The molecule has 2 N–H and O–H groups in total. The van der Waals surface area contributed by atoms with Gasteiger partial charge in [0.2, 0.25) is 11.7 Å². The number of hydrogen-bond donors (Lipinski definition) is 2. The maximum atomic E-state index is 14.4. The summed E-state index contributed by atoms with van der Waals surface area (Å²) in [5.74, 6) is -0.355. The second kappa shape index (κ2) is 12.9. The van der Waals surface area contributed by atoms with Crippen LogP contribution in [0.25, 0.3) is 11.4 Å². The Hall–Kier alpha value is -4.19. The molecule has 2 amide bonds. The summed E-state index contributed by atoms with van der Waals surface area (Å²) >= 11 is 7.77. The third kappa shape index (κ3) is 6.09. The maximum absolute atomic E-state index is 14.4. The quantitative estimate of drug-likeness (QED) is 0.267. The molecule has 18 heteroatoms. The molecule has 264 valence electrons. The lowest BCUT2D eigenvalue weighted by Crippen LogP contribution is -2.47. The fourth-order valence-corrected chi connectivity index (χ4v) is 7.67. The average Bonchev–Trinajstić information content (AvgIpc) is 3.80. The zero-order valence-corrected chi connectivity index (χ0v) is 28.9. The van der Waals surface area contributed by atoms with Crippen LogP contribution in [0.3, 0.4) is 0 Å². The first-order chi connectivity index (χ1) is 23.8. The Bertz CT molecular complexity index is 2100. The van der Waals surface area contributed by atoms with Crippen molar-refractivity contribution in [1.82, 2.24) is 38.6 Å². The average molecular weight is 732 g/mol. The number of benzene rings is 1. The molecule has 50 heavy (non-hydrogen) atoms. The minimum Gasteiger partial charge on any atom is -0.361 e. The number of halogens is 4. The normalized spacial score (nSPS) is 19.2. The molecule has 1 fully saturated rings. The van der Waals surface area contributed by atoms with E-state index in [0.29, 0.717) is 61.7 Å². The second-order valence-electron chi connectivity index (χ2n) is 12.6. The lowest BCUT2D eigenvalue weighted by atomic mass is 9.85. The van der Waals surface area contributed by atoms with E-state index in [9.17, 15) is 27.6 Å². The third-order valence-electron chi connectivity index (χ3n) is 9.40. The van der Waals surface area contributed by atoms with Crippen molar-refractivity contribution in [2.75, 3.05) is 37.8 Å². The number of aromatic amines is 1. The molecule has 3 aromatic heterocycles. The van der Waals surface area contributed by atoms with Crippen LogP contribution in [0.2, 0.25) is 5.02 Å². The highest BCUT2D eigenvalue weighted by Gasteiger charge is 2.50. The minimum atomic E-state index is -4.60. The van der Waals surface area contributed by atoms with Gasteiger partial charge in [0.05, 0.1) is 33.6 Å². The lowest BCUT2D eigenvalue weighted by molar-refractivity contribution is -0.137. The van der Waals surface area contributed by atoms with Crippen LogP contribution in [0, 0.1) is 6.92 Å². The molecule has 0 radical (unpaired) electrons. The molecule has 3 aliphatic rings. The number of carbonyl (C=O) groups is 2. The number of amides is 2. The number of fused-ring (bicyclic) bond motifs is 3. The summed E-state index contributed by atoms with van der Waals surface area (Å²) < 4.78 is 51.2. The van der Waals surface area contributed by atoms with Crippen molar-refractivity contribution in [3.63, 3.8) is 0 Å². The van der Waals surface area contributed by atoms with Crippen molar-refractivity contribution in [2.45, 2.75) is 57.5 Å². The highest BCUT2D eigenvalue weighted by Crippen LogP contribution is 2.48. The summed E-state index contributed by atoms with van der Waals surface area (Å²) in [6.07, 6.45) is 0.0326. The van der Waals surface area contributed by atoms with Crippen LogP contribution < -0.4 is 10.9 Å². The number of aryl methyl sites for hydroxylation is 1. The van der Waals surface area contributed by atoms with Gasteiger partial charge < -0.3 is 19.5 Å². The van der Waals surface area contributed by atoms with Crippen molar-refractivity contribution in [3.05, 3.63) is 79.8 Å². The molecular weight excluding hydrogens is 699 g/mol. The standard InChI is InChI=1S/C32H33ClF3N9O4S/c1-17-14-23(40-39-17)28(47)42-12-8-31(9-13-42)25-26(18(2)49-31)44(16-24(46)37-22-5-4-20(15-21(22)33)32(34,35)36)30-38-27(41-45(30)29(25)48)19-6-10-43(50-3)11-7-19/h4-6,14-15,18H,7-13,16H2,1-3H3,(H,37,46)(H,39,40). The van der Waals surface area contributed by atoms with Gasteiger partial charge in [0.15, 0.2) is 5.82 Å². The van der Waals surface area contributed by atoms with E-state index in [2.05, 4.69) is 24.9 Å². The molecule has 0 saturated carbocycles. The Morgan fingerprint density at radius 3 is 2.58 bits per heavy atom. The summed E-state index contributed by atoms with van der Waals surface area (Å²) in [5, 5.41) is 13.8. The van der Waals surface area contributed by atoms with Gasteiger partial charge in [-0.3, -0.25) is 19.5 Å². The monoisotopic (exact) mass is 731 g/mol.